The van der Waals surface area contributed by atoms with Crippen molar-refractivity contribution in [1.82, 2.24) is 20.3 Å². The number of aromatic amines is 1. The first-order valence-corrected chi connectivity index (χ1v) is 11.9. The maximum absolute atomic E-state index is 13.4. The van der Waals surface area contributed by atoms with Gasteiger partial charge in [-0.05, 0) is 68.8 Å². The highest BCUT2D eigenvalue weighted by atomic mass is 35.5. The molecule has 0 radical (unpaired) electrons. The highest BCUT2D eigenvalue weighted by Crippen LogP contribution is 2.31. The molecule has 4 rings (SSSR count). The molecule has 0 aliphatic carbocycles. The third-order valence-electron chi connectivity index (χ3n) is 4.98. The van der Waals surface area contributed by atoms with E-state index in [1.165, 1.54) is 18.5 Å². The van der Waals surface area contributed by atoms with E-state index in [4.69, 9.17) is 21.1 Å². The van der Waals surface area contributed by atoms with Gasteiger partial charge in [0, 0.05) is 17.9 Å². The fourth-order valence-electron chi connectivity index (χ4n) is 3.41. The van der Waals surface area contributed by atoms with Crippen molar-refractivity contribution in [3.05, 3.63) is 83.0 Å². The topological polar surface area (TPSA) is 101 Å². The number of carbonyl (C=O) groups is 1. The Hall–Kier alpha value is -4.11. The minimum atomic E-state index is -0.548. The number of hydrogen-bond donors (Lipinski definition) is 3. The van der Waals surface area contributed by atoms with Gasteiger partial charge in [0.15, 0.2) is 5.82 Å². The average Bonchev–Trinajstić information content (AvgIpc) is 3.24. The molecule has 0 unspecified atom stereocenters. The molecule has 0 saturated heterocycles. The molecule has 4 aromatic rings. The lowest BCUT2D eigenvalue weighted by atomic mass is 10.2. The minimum Gasteiger partial charge on any atom is -0.487 e. The maximum atomic E-state index is 13.4. The summed E-state index contributed by atoms with van der Waals surface area (Å²) >= 11 is 6.42. The highest BCUT2D eigenvalue weighted by Gasteiger charge is 2.15. The summed E-state index contributed by atoms with van der Waals surface area (Å²) in [5, 5.41) is 6.32. The number of nitrogens with one attached hydrogen (secondary N) is 3. The van der Waals surface area contributed by atoms with Gasteiger partial charge in [0.2, 0.25) is 0 Å². The second-order valence-electron chi connectivity index (χ2n) is 9.18. The molecule has 10 heteroatoms. The molecular weight excluding hydrogens is 497 g/mol. The summed E-state index contributed by atoms with van der Waals surface area (Å²) < 4.78 is 24.3. The number of carbonyl (C=O) groups excluding carboxylic acids is 1. The molecule has 37 heavy (non-hydrogen) atoms. The van der Waals surface area contributed by atoms with Gasteiger partial charge in [0.05, 0.1) is 10.5 Å². The van der Waals surface area contributed by atoms with E-state index in [-0.39, 0.29) is 12.4 Å². The van der Waals surface area contributed by atoms with Crippen LogP contribution in [-0.4, -0.2) is 33.2 Å². The van der Waals surface area contributed by atoms with Gasteiger partial charge in [-0.25, -0.2) is 19.2 Å². The first kappa shape index (κ1) is 26.0. The zero-order chi connectivity index (χ0) is 26.4. The summed E-state index contributed by atoms with van der Waals surface area (Å²) in [4.78, 5) is 23.7. The molecule has 0 aliphatic heterocycles. The number of rotatable bonds is 8. The van der Waals surface area contributed by atoms with E-state index in [0.717, 1.165) is 11.2 Å². The number of nitrogens with zero attached hydrogens (tertiary/aromatic N) is 2. The van der Waals surface area contributed by atoms with Gasteiger partial charge in [0.1, 0.15) is 35.6 Å². The van der Waals surface area contributed by atoms with E-state index in [0.29, 0.717) is 39.9 Å². The summed E-state index contributed by atoms with van der Waals surface area (Å²) in [6, 6.07) is 13.4. The van der Waals surface area contributed by atoms with Crippen molar-refractivity contribution in [2.45, 2.75) is 33.0 Å². The van der Waals surface area contributed by atoms with Crippen LogP contribution in [0.15, 0.2) is 60.9 Å². The predicted octanol–water partition coefficient (Wildman–Crippen LogP) is 6.61. The number of hydrogen-bond acceptors (Lipinski definition) is 6. The number of anilines is 2. The van der Waals surface area contributed by atoms with Crippen molar-refractivity contribution in [1.29, 1.82) is 0 Å². The largest absolute Gasteiger partial charge is 0.487 e. The lowest BCUT2D eigenvalue weighted by molar-refractivity contribution is 0.0534. The van der Waals surface area contributed by atoms with E-state index in [1.807, 2.05) is 39.0 Å². The van der Waals surface area contributed by atoms with Gasteiger partial charge >= 0.3 is 6.09 Å². The average molecular weight is 524 g/mol. The SMILES string of the molecule is CC(C)(C)OC(=O)NC/C=C/c1cc2ncnc(Nc3ccc(OCc4cccc(F)c4)c(Cl)c3)c2[nH]1. The zero-order valence-corrected chi connectivity index (χ0v) is 21.4. The van der Waals surface area contributed by atoms with E-state index in [1.54, 1.807) is 30.3 Å². The molecule has 1 amide bonds. The van der Waals surface area contributed by atoms with Crippen LogP contribution in [0, 0.1) is 5.82 Å². The van der Waals surface area contributed by atoms with Crippen LogP contribution in [0.5, 0.6) is 5.75 Å². The van der Waals surface area contributed by atoms with Crippen molar-refractivity contribution in [3.63, 3.8) is 0 Å². The molecule has 0 spiro atoms. The van der Waals surface area contributed by atoms with Crippen LogP contribution < -0.4 is 15.4 Å². The van der Waals surface area contributed by atoms with Gasteiger partial charge in [-0.2, -0.15) is 0 Å². The molecule has 2 aromatic heterocycles. The Morgan fingerprint density at radius 3 is 2.76 bits per heavy atom. The molecule has 8 nitrogen and oxygen atoms in total. The summed E-state index contributed by atoms with van der Waals surface area (Å²) in [7, 11) is 0. The Kier molecular flexibility index (Phi) is 7.93. The van der Waals surface area contributed by atoms with E-state index >= 15 is 0 Å². The number of aromatic nitrogens is 3. The van der Waals surface area contributed by atoms with Crippen LogP contribution in [0.3, 0.4) is 0 Å². The van der Waals surface area contributed by atoms with Gasteiger partial charge in [-0.15, -0.1) is 0 Å². The normalized spacial score (nSPS) is 11.6. The third kappa shape index (κ3) is 7.44. The third-order valence-corrected chi connectivity index (χ3v) is 5.27. The summed E-state index contributed by atoms with van der Waals surface area (Å²) in [6.45, 7) is 5.94. The number of alkyl carbamates (subject to hydrolysis) is 1. The Morgan fingerprint density at radius 2 is 2.00 bits per heavy atom. The smallest absolute Gasteiger partial charge is 0.407 e. The molecule has 0 bridgehead atoms. The van der Waals surface area contributed by atoms with Crippen molar-refractivity contribution < 1.29 is 18.7 Å². The van der Waals surface area contributed by atoms with Crippen molar-refractivity contribution in [2.24, 2.45) is 0 Å². The molecular formula is C27H27ClFN5O3. The second kappa shape index (κ2) is 11.3. The molecule has 0 fully saturated rings. The summed E-state index contributed by atoms with van der Waals surface area (Å²) in [6.07, 6.45) is 4.63. The Balaban J connectivity index is 1.40. The van der Waals surface area contributed by atoms with Crippen LogP contribution in [0.2, 0.25) is 5.02 Å². The first-order valence-electron chi connectivity index (χ1n) is 11.6. The summed E-state index contributed by atoms with van der Waals surface area (Å²) in [5.41, 5.74) is 3.09. The van der Waals surface area contributed by atoms with Crippen molar-refractivity contribution in [3.8, 4) is 5.75 Å². The number of H-pyrrole nitrogens is 1. The molecule has 0 aliphatic rings. The van der Waals surface area contributed by atoms with Crippen LogP contribution in [0.1, 0.15) is 32.0 Å². The van der Waals surface area contributed by atoms with E-state index in [2.05, 4.69) is 25.6 Å². The fraction of sp³-hybridized carbons (Fsp3) is 0.222. The fourth-order valence-corrected chi connectivity index (χ4v) is 3.64. The van der Waals surface area contributed by atoms with Crippen LogP contribution in [0.25, 0.3) is 17.1 Å². The Labute approximate surface area is 218 Å². The highest BCUT2D eigenvalue weighted by molar-refractivity contribution is 6.32. The Morgan fingerprint density at radius 1 is 1.16 bits per heavy atom. The lowest BCUT2D eigenvalue weighted by Gasteiger charge is -2.19. The zero-order valence-electron chi connectivity index (χ0n) is 20.6. The van der Waals surface area contributed by atoms with Gasteiger partial charge in [0.25, 0.3) is 0 Å². The van der Waals surface area contributed by atoms with Crippen molar-refractivity contribution >= 4 is 46.3 Å². The number of fused-ring (bicyclic) bond motifs is 1. The number of amides is 1. The van der Waals surface area contributed by atoms with E-state index < -0.39 is 11.7 Å². The van der Waals surface area contributed by atoms with Crippen LogP contribution in [-0.2, 0) is 11.3 Å². The maximum Gasteiger partial charge on any atom is 0.407 e. The van der Waals surface area contributed by atoms with Gasteiger partial charge in [-0.3, -0.25) is 0 Å². The summed E-state index contributed by atoms with van der Waals surface area (Å²) in [5.74, 6) is 0.737. The Bertz CT molecular complexity index is 1430. The number of benzene rings is 2. The quantitative estimate of drug-likeness (QED) is 0.240. The predicted molar refractivity (Wildman–Crippen MR) is 143 cm³/mol. The van der Waals surface area contributed by atoms with Crippen LogP contribution in [0.4, 0.5) is 20.7 Å². The van der Waals surface area contributed by atoms with Gasteiger partial charge in [-0.1, -0.05) is 29.8 Å². The van der Waals surface area contributed by atoms with Gasteiger partial charge < -0.3 is 25.1 Å². The number of halogens is 2. The van der Waals surface area contributed by atoms with E-state index in [9.17, 15) is 9.18 Å². The lowest BCUT2D eigenvalue weighted by Crippen LogP contribution is -2.32. The minimum absolute atomic E-state index is 0.197. The standard InChI is InChI=1S/C27H27ClFN5O3/c1-27(2,3)37-26(35)30-11-5-8-19-14-22-24(33-19)25(32-16-31-22)34-20-9-10-23(21(28)13-20)36-15-17-6-4-7-18(29)12-17/h4-10,12-14,16,33H,11,15H2,1-3H3,(H,30,35)(H,31,32,34)/b8-5+. The molecule has 2 aromatic carbocycles. The molecule has 192 valence electrons. The van der Waals surface area contributed by atoms with Crippen LogP contribution >= 0.6 is 11.6 Å². The molecule has 2 heterocycles. The second-order valence-corrected chi connectivity index (χ2v) is 9.59. The number of ether oxygens (including phenoxy) is 2. The molecule has 0 saturated carbocycles. The molecule has 3 N–H and O–H groups in total. The van der Waals surface area contributed by atoms with Crippen molar-refractivity contribution in [2.75, 3.05) is 11.9 Å². The monoisotopic (exact) mass is 523 g/mol. The molecule has 0 atom stereocenters. The first-order chi connectivity index (χ1) is 17.7.